The fourth-order valence-corrected chi connectivity index (χ4v) is 3.95. The van der Waals surface area contributed by atoms with Crippen molar-refractivity contribution in [1.29, 1.82) is 0 Å². The van der Waals surface area contributed by atoms with Crippen molar-refractivity contribution in [1.82, 2.24) is 4.90 Å². The van der Waals surface area contributed by atoms with E-state index in [4.69, 9.17) is 18.9 Å². The van der Waals surface area contributed by atoms with Crippen LogP contribution in [-0.4, -0.2) is 58.0 Å². The second-order valence-electron chi connectivity index (χ2n) is 7.54. The van der Waals surface area contributed by atoms with Crippen LogP contribution in [0.1, 0.15) is 51.1 Å². The van der Waals surface area contributed by atoms with Crippen LogP contribution in [0.2, 0.25) is 0 Å². The van der Waals surface area contributed by atoms with Crippen LogP contribution in [0.3, 0.4) is 0 Å². The van der Waals surface area contributed by atoms with E-state index in [1.807, 2.05) is 23.1 Å². The van der Waals surface area contributed by atoms with Crippen molar-refractivity contribution < 1.29 is 23.7 Å². The lowest BCUT2D eigenvalue weighted by atomic mass is 9.85. The highest BCUT2D eigenvalue weighted by Gasteiger charge is 2.32. The average Bonchev–Trinajstić information content (AvgIpc) is 2.72. The number of hydrogen-bond donors (Lipinski definition) is 0. The zero-order chi connectivity index (χ0) is 20.5. The number of amides is 1. The van der Waals surface area contributed by atoms with Gasteiger partial charge in [-0.1, -0.05) is 6.92 Å². The largest absolute Gasteiger partial charge is 0.497 e. The van der Waals surface area contributed by atoms with Crippen LogP contribution >= 0.6 is 0 Å². The molecule has 0 unspecified atom stereocenters. The normalized spacial score (nSPS) is 20.5. The van der Waals surface area contributed by atoms with E-state index < -0.39 is 0 Å². The number of carbonyl (C=O) groups excluding carboxylic acids is 1. The number of benzene rings is 1. The Labute approximate surface area is 169 Å². The molecule has 1 aromatic rings. The van der Waals surface area contributed by atoms with Gasteiger partial charge in [-0.2, -0.15) is 0 Å². The minimum Gasteiger partial charge on any atom is -0.497 e. The molecule has 0 heterocycles. The van der Waals surface area contributed by atoms with Gasteiger partial charge in [-0.05, 0) is 50.7 Å². The van der Waals surface area contributed by atoms with Gasteiger partial charge in [0.2, 0.25) is 5.91 Å². The van der Waals surface area contributed by atoms with Crippen molar-refractivity contribution in [3.05, 3.63) is 23.8 Å². The number of hydrogen-bond acceptors (Lipinski definition) is 5. The molecule has 1 aliphatic carbocycles. The van der Waals surface area contributed by atoms with Gasteiger partial charge < -0.3 is 23.8 Å². The first-order valence-corrected chi connectivity index (χ1v) is 10.1. The summed E-state index contributed by atoms with van der Waals surface area (Å²) in [7, 11) is 4.90. The highest BCUT2D eigenvalue weighted by atomic mass is 16.5. The molecule has 158 valence electrons. The second-order valence-corrected chi connectivity index (χ2v) is 7.54. The van der Waals surface area contributed by atoms with Gasteiger partial charge in [-0.3, -0.25) is 4.79 Å². The summed E-state index contributed by atoms with van der Waals surface area (Å²) in [6.07, 6.45) is 4.33. The van der Waals surface area contributed by atoms with Crippen molar-refractivity contribution in [2.45, 2.75) is 51.6 Å². The molecule has 1 amide bonds. The van der Waals surface area contributed by atoms with Gasteiger partial charge in [0.1, 0.15) is 18.1 Å². The van der Waals surface area contributed by atoms with Crippen LogP contribution in [0.4, 0.5) is 0 Å². The number of nitrogens with zero attached hydrogens (tertiary/aromatic N) is 1. The molecule has 0 aromatic heterocycles. The summed E-state index contributed by atoms with van der Waals surface area (Å²) in [4.78, 5) is 15.1. The van der Waals surface area contributed by atoms with Gasteiger partial charge in [0, 0.05) is 24.8 Å². The summed E-state index contributed by atoms with van der Waals surface area (Å²) in [5.41, 5.74) is 0.979. The molecule has 1 saturated carbocycles. The lowest BCUT2D eigenvalue weighted by Gasteiger charge is -2.40. The zero-order valence-corrected chi connectivity index (χ0v) is 17.9. The van der Waals surface area contributed by atoms with Crippen LogP contribution in [0.25, 0.3) is 0 Å². The predicted octanol–water partition coefficient (Wildman–Crippen LogP) is 3.84. The van der Waals surface area contributed by atoms with E-state index in [-0.39, 0.29) is 24.6 Å². The SMILES string of the molecule is COCCOCC(=O)N(C1CCC(C)CC1)[C@@H](C)c1ccc(OC)cc1OC. The summed E-state index contributed by atoms with van der Waals surface area (Å²) in [6.45, 7) is 5.31. The van der Waals surface area contributed by atoms with Crippen molar-refractivity contribution in [2.75, 3.05) is 41.2 Å². The van der Waals surface area contributed by atoms with Gasteiger partial charge in [0.25, 0.3) is 0 Å². The van der Waals surface area contributed by atoms with E-state index in [0.29, 0.717) is 13.2 Å². The molecule has 2 rings (SSSR count). The Morgan fingerprint density at radius 2 is 1.82 bits per heavy atom. The Balaban J connectivity index is 2.23. The first-order chi connectivity index (χ1) is 13.5. The van der Waals surface area contributed by atoms with Gasteiger partial charge in [-0.25, -0.2) is 0 Å². The Bertz CT molecular complexity index is 613. The van der Waals surface area contributed by atoms with Crippen molar-refractivity contribution in [2.24, 2.45) is 5.92 Å². The Morgan fingerprint density at radius 3 is 2.43 bits per heavy atom. The maximum absolute atomic E-state index is 13.1. The summed E-state index contributed by atoms with van der Waals surface area (Å²) in [5.74, 6) is 2.20. The number of rotatable bonds is 10. The third kappa shape index (κ3) is 5.85. The third-order valence-corrected chi connectivity index (χ3v) is 5.63. The Hall–Kier alpha value is -1.79. The minimum absolute atomic E-state index is 0.0148. The molecule has 6 nitrogen and oxygen atoms in total. The molecule has 0 radical (unpaired) electrons. The van der Waals surface area contributed by atoms with Gasteiger partial charge in [0.15, 0.2) is 0 Å². The van der Waals surface area contributed by atoms with E-state index >= 15 is 0 Å². The fraction of sp³-hybridized carbons (Fsp3) is 0.682. The molecule has 0 N–H and O–H groups in total. The summed E-state index contributed by atoms with van der Waals surface area (Å²) >= 11 is 0. The van der Waals surface area contributed by atoms with E-state index in [1.165, 1.54) is 0 Å². The molecule has 0 spiro atoms. The highest BCUT2D eigenvalue weighted by molar-refractivity contribution is 5.78. The van der Waals surface area contributed by atoms with E-state index in [1.54, 1.807) is 21.3 Å². The molecule has 1 aromatic carbocycles. The topological polar surface area (TPSA) is 57.2 Å². The van der Waals surface area contributed by atoms with Crippen LogP contribution < -0.4 is 9.47 Å². The smallest absolute Gasteiger partial charge is 0.249 e. The predicted molar refractivity (Wildman–Crippen MR) is 109 cm³/mol. The molecule has 0 saturated heterocycles. The Kier molecular flexibility index (Phi) is 9.06. The van der Waals surface area contributed by atoms with E-state index in [0.717, 1.165) is 48.7 Å². The molecule has 6 heteroatoms. The first-order valence-electron chi connectivity index (χ1n) is 10.1. The third-order valence-electron chi connectivity index (χ3n) is 5.63. The fourth-order valence-electron chi connectivity index (χ4n) is 3.95. The number of methoxy groups -OCH3 is 3. The van der Waals surface area contributed by atoms with Crippen LogP contribution in [-0.2, 0) is 14.3 Å². The quantitative estimate of drug-likeness (QED) is 0.566. The molecular weight excluding hydrogens is 358 g/mol. The molecular formula is C22H35NO5. The van der Waals surface area contributed by atoms with Gasteiger partial charge in [0.05, 0.1) is 33.5 Å². The monoisotopic (exact) mass is 393 g/mol. The molecule has 1 fully saturated rings. The number of ether oxygens (including phenoxy) is 4. The van der Waals surface area contributed by atoms with Gasteiger partial charge >= 0.3 is 0 Å². The lowest BCUT2D eigenvalue weighted by molar-refractivity contribution is -0.142. The van der Waals surface area contributed by atoms with Crippen molar-refractivity contribution in [3.63, 3.8) is 0 Å². The van der Waals surface area contributed by atoms with Gasteiger partial charge in [-0.15, -0.1) is 0 Å². The molecule has 0 aliphatic heterocycles. The molecule has 0 bridgehead atoms. The Morgan fingerprint density at radius 1 is 1.11 bits per heavy atom. The van der Waals surface area contributed by atoms with E-state index in [9.17, 15) is 4.79 Å². The zero-order valence-electron chi connectivity index (χ0n) is 17.9. The lowest BCUT2D eigenvalue weighted by Crippen LogP contribution is -2.45. The second kappa shape index (κ2) is 11.3. The van der Waals surface area contributed by atoms with Crippen molar-refractivity contribution >= 4 is 5.91 Å². The summed E-state index contributed by atoms with van der Waals surface area (Å²) in [5, 5.41) is 0. The molecule has 28 heavy (non-hydrogen) atoms. The van der Waals surface area contributed by atoms with Crippen LogP contribution in [0.15, 0.2) is 18.2 Å². The summed E-state index contributed by atoms with van der Waals surface area (Å²) < 4.78 is 21.4. The average molecular weight is 394 g/mol. The summed E-state index contributed by atoms with van der Waals surface area (Å²) in [6, 6.07) is 5.87. The standard InChI is InChI=1S/C22H35NO5/c1-16-6-8-18(9-7-16)23(22(24)15-28-13-12-25-3)17(2)20-11-10-19(26-4)14-21(20)27-5/h10-11,14,16-18H,6-9,12-13,15H2,1-5H3/t16?,17-,18?/m0/s1. The maximum Gasteiger partial charge on any atom is 0.249 e. The maximum atomic E-state index is 13.1. The highest BCUT2D eigenvalue weighted by Crippen LogP contribution is 2.37. The van der Waals surface area contributed by atoms with Crippen LogP contribution in [0, 0.1) is 5.92 Å². The molecule has 1 atom stereocenters. The van der Waals surface area contributed by atoms with Crippen LogP contribution in [0.5, 0.6) is 11.5 Å². The first kappa shape index (κ1) is 22.5. The molecule has 1 aliphatic rings. The van der Waals surface area contributed by atoms with E-state index in [2.05, 4.69) is 13.8 Å². The minimum atomic E-state index is -0.113. The number of carbonyl (C=O) groups is 1. The van der Waals surface area contributed by atoms with Crippen molar-refractivity contribution in [3.8, 4) is 11.5 Å².